The molecule has 2 aliphatic rings. The topological polar surface area (TPSA) is 76.6 Å². The third kappa shape index (κ3) is 3.97. The fraction of sp³-hybridized carbons (Fsp3) is 0.688. The lowest BCUT2D eigenvalue weighted by Crippen LogP contribution is -2.38. The van der Waals surface area contributed by atoms with E-state index in [-0.39, 0.29) is 11.8 Å². The molecule has 0 spiro atoms. The van der Waals surface area contributed by atoms with Crippen LogP contribution in [-0.2, 0) is 14.3 Å². The number of fused-ring (bicyclic) bond motifs is 1. The molecule has 3 atom stereocenters. The van der Waals surface area contributed by atoms with Gasteiger partial charge in [-0.3, -0.25) is 4.79 Å². The van der Waals surface area contributed by atoms with Crippen molar-refractivity contribution in [1.82, 2.24) is 15.3 Å². The first-order valence-corrected chi connectivity index (χ1v) is 8.13. The summed E-state index contributed by atoms with van der Waals surface area (Å²) in [6.07, 6.45) is 4.04. The molecule has 126 valence electrons. The van der Waals surface area contributed by atoms with Crippen molar-refractivity contribution in [3.8, 4) is 0 Å². The number of nitrogens with one attached hydrogen (secondary N) is 1. The van der Waals surface area contributed by atoms with Gasteiger partial charge in [-0.15, -0.1) is 0 Å². The van der Waals surface area contributed by atoms with E-state index >= 15 is 0 Å². The van der Waals surface area contributed by atoms with E-state index in [1.807, 2.05) is 6.07 Å². The molecule has 1 N–H and O–H groups in total. The molecule has 0 unspecified atom stereocenters. The van der Waals surface area contributed by atoms with Gasteiger partial charge < -0.3 is 19.7 Å². The molecule has 7 nitrogen and oxygen atoms in total. The van der Waals surface area contributed by atoms with Crippen LogP contribution in [0.25, 0.3) is 0 Å². The van der Waals surface area contributed by atoms with E-state index < -0.39 is 0 Å². The van der Waals surface area contributed by atoms with Crippen molar-refractivity contribution in [3.63, 3.8) is 0 Å². The average Bonchev–Trinajstić information content (AvgIpc) is 3.01. The van der Waals surface area contributed by atoms with Crippen molar-refractivity contribution in [2.75, 3.05) is 51.5 Å². The monoisotopic (exact) mass is 320 g/mol. The summed E-state index contributed by atoms with van der Waals surface area (Å²) in [7, 11) is 1.63. The Kier molecular flexibility index (Phi) is 5.40. The fourth-order valence-electron chi connectivity index (χ4n) is 3.53. The summed E-state index contributed by atoms with van der Waals surface area (Å²) in [5, 5.41) is 2.90. The molecule has 1 amide bonds. The molecule has 1 aromatic rings. The molecule has 2 saturated heterocycles. The summed E-state index contributed by atoms with van der Waals surface area (Å²) >= 11 is 0. The summed E-state index contributed by atoms with van der Waals surface area (Å²) in [5.74, 6) is 2.01. The molecular weight excluding hydrogens is 296 g/mol. The van der Waals surface area contributed by atoms with E-state index in [2.05, 4.69) is 20.2 Å². The summed E-state index contributed by atoms with van der Waals surface area (Å²) in [6, 6.07) is 1.82. The van der Waals surface area contributed by atoms with Gasteiger partial charge in [-0.25, -0.2) is 9.97 Å². The van der Waals surface area contributed by atoms with Gasteiger partial charge >= 0.3 is 0 Å². The number of rotatable bonds is 6. The van der Waals surface area contributed by atoms with Crippen LogP contribution in [0.4, 0.5) is 5.95 Å². The first kappa shape index (κ1) is 16.1. The van der Waals surface area contributed by atoms with Crippen molar-refractivity contribution in [2.24, 2.45) is 17.8 Å². The Morgan fingerprint density at radius 1 is 1.39 bits per heavy atom. The first-order chi connectivity index (χ1) is 11.3. The van der Waals surface area contributed by atoms with Gasteiger partial charge in [0.25, 0.3) is 0 Å². The van der Waals surface area contributed by atoms with Crippen LogP contribution in [-0.4, -0.2) is 62.4 Å². The molecule has 0 saturated carbocycles. The maximum absolute atomic E-state index is 12.1. The average molecular weight is 320 g/mol. The zero-order chi connectivity index (χ0) is 16.1. The molecule has 3 rings (SSSR count). The van der Waals surface area contributed by atoms with E-state index in [1.165, 1.54) is 0 Å². The second-order valence-corrected chi connectivity index (χ2v) is 6.22. The SMILES string of the molecule is COCCNC(=O)C[C@@H]1COC[C@H]2CN(c3ncccn3)C[C@@H]12. The largest absolute Gasteiger partial charge is 0.383 e. The lowest BCUT2D eigenvalue weighted by Gasteiger charge is -2.32. The van der Waals surface area contributed by atoms with Crippen molar-refractivity contribution in [3.05, 3.63) is 18.5 Å². The van der Waals surface area contributed by atoms with Gasteiger partial charge in [0.05, 0.1) is 19.8 Å². The van der Waals surface area contributed by atoms with Crippen LogP contribution in [0.3, 0.4) is 0 Å². The standard InChI is InChI=1S/C16H24N4O3/c1-22-6-5-17-15(21)7-12-10-23-11-13-8-20(9-14(12)13)16-18-3-2-4-19-16/h2-4,12-14H,5-11H2,1H3,(H,17,21)/t12-,13-,14+/m1/s1. The van der Waals surface area contributed by atoms with Crippen molar-refractivity contribution < 1.29 is 14.3 Å². The minimum Gasteiger partial charge on any atom is -0.383 e. The lowest BCUT2D eigenvalue weighted by molar-refractivity contribution is -0.124. The fourth-order valence-corrected chi connectivity index (χ4v) is 3.53. The maximum Gasteiger partial charge on any atom is 0.225 e. The third-order valence-electron chi connectivity index (χ3n) is 4.67. The molecule has 23 heavy (non-hydrogen) atoms. The summed E-state index contributed by atoms with van der Waals surface area (Å²) < 4.78 is 10.7. The Hall–Kier alpha value is -1.73. The van der Waals surface area contributed by atoms with Gasteiger partial charge in [-0.2, -0.15) is 0 Å². The Labute approximate surface area is 136 Å². The maximum atomic E-state index is 12.1. The van der Waals surface area contributed by atoms with Crippen LogP contribution in [0.1, 0.15) is 6.42 Å². The van der Waals surface area contributed by atoms with Crippen LogP contribution in [0.2, 0.25) is 0 Å². The second-order valence-electron chi connectivity index (χ2n) is 6.22. The van der Waals surface area contributed by atoms with Gasteiger partial charge in [0.15, 0.2) is 0 Å². The minimum atomic E-state index is 0.0747. The number of methoxy groups -OCH3 is 1. The van der Waals surface area contributed by atoms with Gasteiger partial charge in [-0.1, -0.05) is 0 Å². The molecule has 0 radical (unpaired) electrons. The van der Waals surface area contributed by atoms with Crippen LogP contribution in [0, 0.1) is 17.8 Å². The summed E-state index contributed by atoms with van der Waals surface area (Å²) in [4.78, 5) is 22.9. The van der Waals surface area contributed by atoms with Crippen LogP contribution in [0.15, 0.2) is 18.5 Å². The van der Waals surface area contributed by atoms with E-state index in [4.69, 9.17) is 9.47 Å². The van der Waals surface area contributed by atoms with Gasteiger partial charge in [0.2, 0.25) is 11.9 Å². The van der Waals surface area contributed by atoms with Crippen molar-refractivity contribution in [1.29, 1.82) is 0 Å². The normalized spacial score (nSPS) is 26.8. The van der Waals surface area contributed by atoms with E-state index in [9.17, 15) is 4.79 Å². The number of anilines is 1. The smallest absolute Gasteiger partial charge is 0.225 e. The second kappa shape index (κ2) is 7.70. The predicted octanol–water partition coefficient (Wildman–Crippen LogP) is 0.328. The Bertz CT molecular complexity index is 513. The van der Waals surface area contributed by atoms with Crippen LogP contribution in [0.5, 0.6) is 0 Å². The molecule has 1 aromatic heterocycles. The summed E-state index contributed by atoms with van der Waals surface area (Å²) in [5.41, 5.74) is 0. The molecule has 0 aromatic carbocycles. The van der Waals surface area contributed by atoms with Crippen molar-refractivity contribution in [2.45, 2.75) is 6.42 Å². The zero-order valence-electron chi connectivity index (χ0n) is 13.5. The molecule has 0 aliphatic carbocycles. The number of hydrogen-bond donors (Lipinski definition) is 1. The number of carbonyl (C=O) groups is 1. The number of ether oxygens (including phenoxy) is 2. The molecular formula is C16H24N4O3. The quantitative estimate of drug-likeness (QED) is 0.761. The predicted molar refractivity (Wildman–Crippen MR) is 85.0 cm³/mol. The Morgan fingerprint density at radius 2 is 2.22 bits per heavy atom. The molecule has 3 heterocycles. The zero-order valence-corrected chi connectivity index (χ0v) is 13.5. The van der Waals surface area contributed by atoms with E-state index in [0.717, 1.165) is 25.6 Å². The molecule has 2 fully saturated rings. The number of aromatic nitrogens is 2. The molecule has 2 aliphatic heterocycles. The highest BCUT2D eigenvalue weighted by Crippen LogP contribution is 2.36. The molecule has 0 bridgehead atoms. The molecule has 7 heteroatoms. The minimum absolute atomic E-state index is 0.0747. The van der Waals surface area contributed by atoms with Gasteiger partial charge in [0.1, 0.15) is 0 Å². The third-order valence-corrected chi connectivity index (χ3v) is 4.67. The van der Waals surface area contributed by atoms with E-state index in [1.54, 1.807) is 19.5 Å². The van der Waals surface area contributed by atoms with Gasteiger partial charge in [0, 0.05) is 51.5 Å². The van der Waals surface area contributed by atoms with Gasteiger partial charge in [-0.05, 0) is 17.9 Å². The van der Waals surface area contributed by atoms with Crippen molar-refractivity contribution >= 4 is 11.9 Å². The number of hydrogen-bond acceptors (Lipinski definition) is 6. The highest BCUT2D eigenvalue weighted by atomic mass is 16.5. The Morgan fingerprint density at radius 3 is 3.00 bits per heavy atom. The number of carbonyl (C=O) groups excluding carboxylic acids is 1. The first-order valence-electron chi connectivity index (χ1n) is 8.13. The summed E-state index contributed by atoms with van der Waals surface area (Å²) in [6.45, 7) is 4.31. The lowest BCUT2D eigenvalue weighted by atomic mass is 9.81. The number of amides is 1. The van der Waals surface area contributed by atoms with Crippen LogP contribution < -0.4 is 10.2 Å². The van der Waals surface area contributed by atoms with E-state index in [0.29, 0.717) is 38.0 Å². The van der Waals surface area contributed by atoms with Crippen LogP contribution >= 0.6 is 0 Å². The number of nitrogens with zero attached hydrogens (tertiary/aromatic N) is 3. The highest BCUT2D eigenvalue weighted by Gasteiger charge is 2.42. The highest BCUT2D eigenvalue weighted by molar-refractivity contribution is 5.76. The Balaban J connectivity index is 1.57.